The van der Waals surface area contributed by atoms with E-state index in [1.807, 2.05) is 12.1 Å². The lowest BCUT2D eigenvalue weighted by Gasteiger charge is -2.08. The molecule has 5 aromatic rings. The number of methoxy groups -OCH3 is 1. The van der Waals surface area contributed by atoms with Crippen LogP contribution in [-0.2, 0) is 19.1 Å². The fourth-order valence-electron chi connectivity index (χ4n) is 4.51. The van der Waals surface area contributed by atoms with Crippen molar-refractivity contribution in [2.45, 2.75) is 37.9 Å². The molecule has 196 valence electrons. The summed E-state index contributed by atoms with van der Waals surface area (Å²) >= 11 is 0. The van der Waals surface area contributed by atoms with Crippen molar-refractivity contribution in [1.82, 2.24) is 29.5 Å². The number of halogens is 3. The van der Waals surface area contributed by atoms with Crippen LogP contribution in [-0.4, -0.2) is 36.6 Å². The summed E-state index contributed by atoms with van der Waals surface area (Å²) in [7, 11) is 1.55. The summed E-state index contributed by atoms with van der Waals surface area (Å²) in [5.41, 5.74) is 3.74. The van der Waals surface area contributed by atoms with Crippen LogP contribution in [0.5, 0.6) is 5.88 Å². The number of ether oxygens (including phenoxy) is 1. The normalized spacial score (nSPS) is 13.5. The van der Waals surface area contributed by atoms with Crippen molar-refractivity contribution in [1.29, 1.82) is 0 Å². The molecular weight excluding hydrogens is 509 g/mol. The highest BCUT2D eigenvalue weighted by molar-refractivity contribution is 5.80. The van der Waals surface area contributed by atoms with Crippen LogP contribution in [0.15, 0.2) is 53.5 Å². The Morgan fingerprint density at radius 3 is 2.59 bits per heavy atom. The lowest BCUT2D eigenvalue weighted by atomic mass is 10.1. The van der Waals surface area contributed by atoms with Gasteiger partial charge in [0.2, 0.25) is 11.8 Å². The van der Waals surface area contributed by atoms with Crippen molar-refractivity contribution in [3.8, 4) is 41.1 Å². The second-order valence-electron chi connectivity index (χ2n) is 9.20. The van der Waals surface area contributed by atoms with Crippen molar-refractivity contribution in [2.24, 2.45) is 0 Å². The van der Waals surface area contributed by atoms with E-state index in [4.69, 9.17) is 15.6 Å². The van der Waals surface area contributed by atoms with Crippen LogP contribution in [0.25, 0.3) is 33.9 Å². The lowest BCUT2D eigenvalue weighted by molar-refractivity contribution is -0.140. The first-order valence-electron chi connectivity index (χ1n) is 12.2. The quantitative estimate of drug-likeness (QED) is 0.250. The van der Waals surface area contributed by atoms with Gasteiger partial charge in [-0.1, -0.05) is 30.2 Å². The van der Waals surface area contributed by atoms with Gasteiger partial charge in [-0.15, -0.1) is 6.42 Å². The minimum Gasteiger partial charge on any atom is -0.480 e. The van der Waals surface area contributed by atoms with E-state index < -0.39 is 11.9 Å². The fourth-order valence-corrected chi connectivity index (χ4v) is 4.51. The highest BCUT2D eigenvalue weighted by Gasteiger charge is 2.35. The maximum atomic E-state index is 13.2. The number of alkyl halides is 3. The Balaban J connectivity index is 1.32. The molecule has 1 aliphatic carbocycles. The molecule has 6 rings (SSSR count). The number of terminal acetylenes is 1. The van der Waals surface area contributed by atoms with Crippen molar-refractivity contribution in [3.05, 3.63) is 71.7 Å². The van der Waals surface area contributed by atoms with Gasteiger partial charge in [-0.3, -0.25) is 4.98 Å². The molecule has 0 atom stereocenters. The number of hydrogen-bond acceptors (Lipinski definition) is 7. The molecule has 11 heteroatoms. The maximum absolute atomic E-state index is 13.2. The molecule has 0 bridgehead atoms. The first-order chi connectivity index (χ1) is 18.9. The van der Waals surface area contributed by atoms with Gasteiger partial charge in [0, 0.05) is 30.3 Å². The molecule has 39 heavy (non-hydrogen) atoms. The zero-order chi connectivity index (χ0) is 27.1. The van der Waals surface area contributed by atoms with Gasteiger partial charge in [-0.25, -0.2) is 19.9 Å². The topological polar surface area (TPSA) is 91.8 Å². The first kappa shape index (κ1) is 24.6. The summed E-state index contributed by atoms with van der Waals surface area (Å²) < 4.78 is 52.7. The van der Waals surface area contributed by atoms with Gasteiger partial charge < -0.3 is 13.7 Å². The molecule has 1 aliphatic rings. The monoisotopic (exact) mass is 530 g/mol. The number of aromatic nitrogens is 6. The van der Waals surface area contributed by atoms with Crippen LogP contribution < -0.4 is 4.74 Å². The summed E-state index contributed by atoms with van der Waals surface area (Å²) in [6.07, 6.45) is 7.34. The number of imidazole rings is 1. The second-order valence-corrected chi connectivity index (χ2v) is 9.20. The van der Waals surface area contributed by atoms with E-state index in [0.717, 1.165) is 30.3 Å². The Hall–Kier alpha value is -4.72. The van der Waals surface area contributed by atoms with E-state index in [2.05, 4.69) is 30.8 Å². The lowest BCUT2D eigenvalue weighted by Crippen LogP contribution is -2.05. The third-order valence-corrected chi connectivity index (χ3v) is 6.50. The van der Waals surface area contributed by atoms with Crippen LogP contribution in [0.2, 0.25) is 0 Å². The highest BCUT2D eigenvalue weighted by atomic mass is 19.4. The van der Waals surface area contributed by atoms with Gasteiger partial charge in [0.05, 0.1) is 25.0 Å². The van der Waals surface area contributed by atoms with E-state index in [-0.39, 0.29) is 12.4 Å². The maximum Gasteiger partial charge on any atom is 0.434 e. The van der Waals surface area contributed by atoms with Gasteiger partial charge in [0.25, 0.3) is 0 Å². The molecule has 4 aromatic heterocycles. The van der Waals surface area contributed by atoms with E-state index >= 15 is 0 Å². The number of benzene rings is 1. The third kappa shape index (κ3) is 4.69. The first-order valence-corrected chi connectivity index (χ1v) is 12.2. The molecule has 0 amide bonds. The molecule has 0 N–H and O–H groups in total. The number of fused-ring (bicyclic) bond motifs is 1. The van der Waals surface area contributed by atoms with E-state index in [1.54, 1.807) is 31.5 Å². The number of hydrogen-bond donors (Lipinski definition) is 0. The van der Waals surface area contributed by atoms with Crippen molar-refractivity contribution >= 4 is 11.1 Å². The zero-order valence-electron chi connectivity index (χ0n) is 20.7. The predicted octanol–water partition coefficient (Wildman–Crippen LogP) is 5.67. The molecule has 4 heterocycles. The molecular formula is C28H21F3N6O2. The predicted molar refractivity (Wildman–Crippen MR) is 136 cm³/mol. The average molecular weight is 531 g/mol. The summed E-state index contributed by atoms with van der Waals surface area (Å²) in [4.78, 5) is 21.7. The van der Waals surface area contributed by atoms with Crippen molar-refractivity contribution in [3.63, 3.8) is 0 Å². The molecule has 0 saturated heterocycles. The second kappa shape index (κ2) is 9.54. The molecule has 0 radical (unpaired) electrons. The molecule has 0 unspecified atom stereocenters. The van der Waals surface area contributed by atoms with E-state index in [0.29, 0.717) is 52.0 Å². The molecule has 8 nitrogen and oxygen atoms in total. The highest BCUT2D eigenvalue weighted by Crippen LogP contribution is 2.45. The van der Waals surface area contributed by atoms with Gasteiger partial charge >= 0.3 is 6.18 Å². The van der Waals surface area contributed by atoms with Crippen molar-refractivity contribution < 1.29 is 22.3 Å². The van der Waals surface area contributed by atoms with Crippen molar-refractivity contribution in [2.75, 3.05) is 7.11 Å². The van der Waals surface area contributed by atoms with Gasteiger partial charge in [-0.2, -0.15) is 13.2 Å². The van der Waals surface area contributed by atoms with Gasteiger partial charge in [-0.05, 0) is 24.5 Å². The minimum atomic E-state index is -4.57. The van der Waals surface area contributed by atoms with E-state index in [1.165, 1.54) is 10.9 Å². The molecule has 0 aliphatic heterocycles. The average Bonchev–Trinajstić information content (AvgIpc) is 3.53. The molecule has 0 spiro atoms. The SMILES string of the molecule is C#CCn1cc(C(F)(F)F)nc1-c1ccc(Cc2nccc3nc(-c4c(OC)ncnc4C4CC4)oc23)cc1. The number of pyridine rings is 1. The Labute approximate surface area is 220 Å². The summed E-state index contributed by atoms with van der Waals surface area (Å²) in [6.45, 7) is -0.0282. The Bertz CT molecular complexity index is 1710. The summed E-state index contributed by atoms with van der Waals surface area (Å²) in [6, 6.07) is 8.82. The minimum absolute atomic E-state index is 0.0282. The van der Waals surface area contributed by atoms with Crippen LogP contribution in [0.4, 0.5) is 13.2 Å². The number of rotatable bonds is 7. The molecule has 1 fully saturated rings. The Morgan fingerprint density at radius 1 is 1.10 bits per heavy atom. The van der Waals surface area contributed by atoms with E-state index in [9.17, 15) is 13.2 Å². The van der Waals surface area contributed by atoms with Crippen LogP contribution in [0, 0.1) is 12.3 Å². The Kier molecular flexibility index (Phi) is 6.02. The van der Waals surface area contributed by atoms with Gasteiger partial charge in [0.15, 0.2) is 11.3 Å². The summed E-state index contributed by atoms with van der Waals surface area (Å²) in [5.74, 6) is 3.62. The van der Waals surface area contributed by atoms with Crippen LogP contribution >= 0.6 is 0 Å². The Morgan fingerprint density at radius 2 is 1.90 bits per heavy atom. The fraction of sp³-hybridized carbons (Fsp3) is 0.250. The number of nitrogens with zero attached hydrogens (tertiary/aromatic N) is 6. The van der Waals surface area contributed by atoms with Gasteiger partial charge in [0.1, 0.15) is 23.2 Å². The number of oxazole rings is 1. The standard InChI is InChI=1S/C28H21F3N6O2/c1-3-12-37-14-21(28(29,30)31)36-25(37)18-6-4-16(5-7-18)13-20-24-19(10-11-32-20)35-27(39-24)22-23(17-8-9-17)33-15-34-26(22)38-2/h1,4-7,10-11,14-15,17H,8-9,12-13H2,2H3. The zero-order valence-corrected chi connectivity index (χ0v) is 20.7. The van der Waals surface area contributed by atoms with Crippen LogP contribution in [0.1, 0.15) is 41.4 Å². The molecule has 1 saturated carbocycles. The largest absolute Gasteiger partial charge is 0.480 e. The molecule has 1 aromatic carbocycles. The smallest absolute Gasteiger partial charge is 0.434 e. The van der Waals surface area contributed by atoms with Crippen LogP contribution in [0.3, 0.4) is 0 Å². The summed E-state index contributed by atoms with van der Waals surface area (Å²) in [5, 5.41) is 0. The third-order valence-electron chi connectivity index (χ3n) is 6.50.